The quantitative estimate of drug-likeness (QED) is 0.737. The predicted octanol–water partition coefficient (Wildman–Crippen LogP) is 2.50. The molecular formula is C16H21BO3. The summed E-state index contributed by atoms with van der Waals surface area (Å²) < 4.78 is 12.2. The molecule has 0 atom stereocenters. The predicted molar refractivity (Wildman–Crippen MR) is 79.4 cm³/mol. The van der Waals surface area contributed by atoms with Gasteiger partial charge in [-0.3, -0.25) is 4.79 Å². The molecule has 4 heteroatoms. The number of hydrogen-bond acceptors (Lipinski definition) is 3. The summed E-state index contributed by atoms with van der Waals surface area (Å²) in [7, 11) is -0.447. The van der Waals surface area contributed by atoms with Gasteiger partial charge in [0.25, 0.3) is 0 Å². The molecule has 0 amide bonds. The Morgan fingerprint density at radius 1 is 1.05 bits per heavy atom. The van der Waals surface area contributed by atoms with Crippen LogP contribution in [0.15, 0.2) is 18.2 Å². The normalized spacial score (nSPS) is 23.8. The van der Waals surface area contributed by atoms with Crippen molar-refractivity contribution >= 4 is 18.4 Å². The van der Waals surface area contributed by atoms with Gasteiger partial charge in [-0.2, -0.15) is 0 Å². The van der Waals surface area contributed by atoms with Crippen molar-refractivity contribution in [3.8, 4) is 0 Å². The Balaban J connectivity index is 2.03. The third kappa shape index (κ3) is 2.02. The van der Waals surface area contributed by atoms with Gasteiger partial charge < -0.3 is 9.31 Å². The van der Waals surface area contributed by atoms with Crippen molar-refractivity contribution in [3.63, 3.8) is 0 Å². The summed E-state index contributed by atoms with van der Waals surface area (Å²) in [5.41, 5.74) is 2.10. The number of carbonyl (C=O) groups excluding carboxylic acids is 1. The van der Waals surface area contributed by atoms with Gasteiger partial charge >= 0.3 is 7.12 Å². The van der Waals surface area contributed by atoms with Crippen LogP contribution in [0.5, 0.6) is 0 Å². The fourth-order valence-corrected chi connectivity index (χ4v) is 2.90. The van der Waals surface area contributed by atoms with E-state index in [-0.39, 0.29) is 17.0 Å². The maximum Gasteiger partial charge on any atom is 0.495 e. The minimum absolute atomic E-state index is 0.219. The van der Waals surface area contributed by atoms with Crippen LogP contribution in [-0.2, 0) is 15.7 Å². The van der Waals surface area contributed by atoms with Gasteiger partial charge in [0.1, 0.15) is 0 Å². The van der Waals surface area contributed by atoms with E-state index in [0.717, 1.165) is 29.4 Å². The van der Waals surface area contributed by atoms with Gasteiger partial charge in [0.2, 0.25) is 0 Å². The Hall–Kier alpha value is -1.13. The molecule has 0 radical (unpaired) electrons. The molecule has 1 aromatic rings. The number of aryl methyl sites for hydroxylation is 1. The summed E-state index contributed by atoms with van der Waals surface area (Å²) in [6.07, 6.45) is 2.54. The van der Waals surface area contributed by atoms with Crippen molar-refractivity contribution in [1.82, 2.24) is 0 Å². The van der Waals surface area contributed by atoms with Crippen molar-refractivity contribution in [2.75, 3.05) is 0 Å². The molecule has 1 saturated heterocycles. The number of rotatable bonds is 1. The van der Waals surface area contributed by atoms with Crippen molar-refractivity contribution in [1.29, 1.82) is 0 Å². The zero-order valence-electron chi connectivity index (χ0n) is 12.7. The van der Waals surface area contributed by atoms with Gasteiger partial charge in [0.05, 0.1) is 11.2 Å². The fourth-order valence-electron chi connectivity index (χ4n) is 2.90. The largest absolute Gasteiger partial charge is 0.495 e. The van der Waals surface area contributed by atoms with Crippen LogP contribution in [0.3, 0.4) is 0 Å². The van der Waals surface area contributed by atoms with Crippen molar-refractivity contribution in [2.24, 2.45) is 0 Å². The van der Waals surface area contributed by atoms with E-state index in [2.05, 4.69) is 0 Å². The first-order valence-corrected chi connectivity index (χ1v) is 7.32. The second-order valence-electron chi connectivity index (χ2n) is 6.75. The van der Waals surface area contributed by atoms with Gasteiger partial charge in [-0.1, -0.05) is 18.2 Å². The average Bonchev–Trinajstić information content (AvgIpc) is 2.58. The van der Waals surface area contributed by atoms with Crippen LogP contribution in [0.25, 0.3) is 0 Å². The topological polar surface area (TPSA) is 35.5 Å². The summed E-state index contributed by atoms with van der Waals surface area (Å²) in [6.45, 7) is 8.13. The highest BCUT2D eigenvalue weighted by atomic mass is 16.7. The summed E-state index contributed by atoms with van der Waals surface area (Å²) in [4.78, 5) is 12.3. The van der Waals surface area contributed by atoms with Crippen LogP contribution in [0.1, 0.15) is 56.5 Å². The van der Waals surface area contributed by atoms with E-state index in [9.17, 15) is 4.79 Å². The Labute approximate surface area is 120 Å². The Bertz CT molecular complexity index is 547. The number of benzene rings is 1. The fraction of sp³-hybridized carbons (Fsp3) is 0.562. The van der Waals surface area contributed by atoms with E-state index < -0.39 is 7.12 Å². The molecule has 106 valence electrons. The summed E-state index contributed by atoms with van der Waals surface area (Å²) in [5, 5.41) is 0. The molecule has 3 nitrogen and oxygen atoms in total. The van der Waals surface area contributed by atoms with E-state index in [1.165, 1.54) is 0 Å². The van der Waals surface area contributed by atoms with E-state index in [1.807, 2.05) is 45.9 Å². The van der Waals surface area contributed by atoms with E-state index in [4.69, 9.17) is 9.31 Å². The Morgan fingerprint density at radius 3 is 2.35 bits per heavy atom. The Morgan fingerprint density at radius 2 is 1.70 bits per heavy atom. The van der Waals surface area contributed by atoms with E-state index in [1.54, 1.807) is 0 Å². The summed E-state index contributed by atoms with van der Waals surface area (Å²) in [5.74, 6) is 0.219. The minimum atomic E-state index is -0.447. The number of hydrogen-bond donors (Lipinski definition) is 0. The molecule has 1 aromatic carbocycles. The minimum Gasteiger partial charge on any atom is -0.399 e. The zero-order valence-corrected chi connectivity index (χ0v) is 12.7. The van der Waals surface area contributed by atoms with Gasteiger partial charge in [0.15, 0.2) is 5.78 Å². The highest BCUT2D eigenvalue weighted by molar-refractivity contribution is 6.63. The molecule has 3 rings (SSSR count). The van der Waals surface area contributed by atoms with E-state index in [0.29, 0.717) is 6.42 Å². The van der Waals surface area contributed by atoms with Crippen LogP contribution in [-0.4, -0.2) is 24.1 Å². The first-order valence-electron chi connectivity index (χ1n) is 7.32. The lowest BCUT2D eigenvalue weighted by Gasteiger charge is -2.32. The van der Waals surface area contributed by atoms with Gasteiger partial charge in [-0.15, -0.1) is 0 Å². The van der Waals surface area contributed by atoms with Crippen LogP contribution in [0, 0.1) is 0 Å². The molecule has 1 aliphatic carbocycles. The molecule has 0 saturated carbocycles. The van der Waals surface area contributed by atoms with Gasteiger partial charge in [0, 0.05) is 12.0 Å². The van der Waals surface area contributed by atoms with Crippen molar-refractivity contribution in [2.45, 2.75) is 58.2 Å². The standard InChI is InChI=1S/C16H21BO3/c1-15(2)16(3,4)20-17(19-15)12-9-5-7-11-8-6-10-13(18)14(11)12/h5,7,9H,6,8,10H2,1-4H3. The maximum absolute atomic E-state index is 12.3. The number of carbonyl (C=O) groups is 1. The Kier molecular flexibility index (Phi) is 3.07. The lowest BCUT2D eigenvalue weighted by atomic mass is 9.71. The number of ketones is 1. The second-order valence-corrected chi connectivity index (χ2v) is 6.75. The van der Waals surface area contributed by atoms with Gasteiger partial charge in [-0.25, -0.2) is 0 Å². The van der Waals surface area contributed by atoms with Crippen LogP contribution in [0.2, 0.25) is 0 Å². The van der Waals surface area contributed by atoms with Crippen LogP contribution in [0.4, 0.5) is 0 Å². The van der Waals surface area contributed by atoms with Crippen LogP contribution < -0.4 is 5.46 Å². The second kappa shape index (κ2) is 4.44. The molecule has 0 spiro atoms. The van der Waals surface area contributed by atoms with Crippen molar-refractivity contribution < 1.29 is 14.1 Å². The van der Waals surface area contributed by atoms with Crippen molar-refractivity contribution in [3.05, 3.63) is 29.3 Å². The summed E-state index contributed by atoms with van der Waals surface area (Å²) >= 11 is 0. The lowest BCUT2D eigenvalue weighted by molar-refractivity contribution is 0.00578. The monoisotopic (exact) mass is 272 g/mol. The average molecular weight is 272 g/mol. The molecule has 2 aliphatic rings. The lowest BCUT2D eigenvalue weighted by Crippen LogP contribution is -2.41. The molecular weight excluding hydrogens is 251 g/mol. The molecule has 0 N–H and O–H groups in total. The smallest absolute Gasteiger partial charge is 0.399 e. The first-order chi connectivity index (χ1) is 9.32. The molecule has 0 aromatic heterocycles. The highest BCUT2D eigenvalue weighted by Gasteiger charge is 2.52. The maximum atomic E-state index is 12.3. The molecule has 1 fully saturated rings. The van der Waals surface area contributed by atoms with Gasteiger partial charge in [-0.05, 0) is 51.6 Å². The van der Waals surface area contributed by atoms with Crippen LogP contribution >= 0.6 is 0 Å². The molecule has 0 unspecified atom stereocenters. The third-order valence-electron chi connectivity index (χ3n) is 4.82. The SMILES string of the molecule is CC1(C)OB(c2cccc3c2C(=O)CCC3)OC1(C)C. The van der Waals surface area contributed by atoms with E-state index >= 15 is 0 Å². The summed E-state index contributed by atoms with van der Waals surface area (Å²) in [6, 6.07) is 6.00. The zero-order chi connectivity index (χ0) is 14.5. The highest BCUT2D eigenvalue weighted by Crippen LogP contribution is 2.37. The molecule has 20 heavy (non-hydrogen) atoms. The molecule has 1 heterocycles. The third-order valence-corrected chi connectivity index (χ3v) is 4.82. The number of Topliss-reactive ketones (excluding diaryl/α,β-unsaturated/α-hetero) is 1. The molecule has 1 aliphatic heterocycles. The first kappa shape index (κ1) is 13.8. The number of fused-ring (bicyclic) bond motifs is 1. The molecule has 0 bridgehead atoms.